The van der Waals surface area contributed by atoms with Gasteiger partial charge in [-0.25, -0.2) is 4.39 Å². The van der Waals surface area contributed by atoms with Crippen LogP contribution in [-0.2, 0) is 0 Å². The number of anilines is 2. The topological polar surface area (TPSA) is 46.3 Å². The molecule has 0 saturated carbocycles. The standard InChI is InChI=1S/C15H15FN2O/c1-10-8-11(17)9-13(14(10)16)15(19)18(2)12-6-4-3-5-7-12/h3-9H,17H2,1-2H3. The Kier molecular flexibility index (Phi) is 3.51. The molecule has 0 fully saturated rings. The van der Waals surface area contributed by atoms with Gasteiger partial charge in [-0.2, -0.15) is 0 Å². The van der Waals surface area contributed by atoms with E-state index in [1.54, 1.807) is 26.1 Å². The molecule has 98 valence electrons. The van der Waals surface area contributed by atoms with Crippen LogP contribution < -0.4 is 10.6 Å². The highest BCUT2D eigenvalue weighted by atomic mass is 19.1. The molecule has 1 amide bonds. The third kappa shape index (κ3) is 2.57. The van der Waals surface area contributed by atoms with Gasteiger partial charge in [0, 0.05) is 18.4 Å². The minimum absolute atomic E-state index is 0.0103. The van der Waals surface area contributed by atoms with Gasteiger partial charge in [-0.15, -0.1) is 0 Å². The Morgan fingerprint density at radius 1 is 1.21 bits per heavy atom. The van der Waals surface area contributed by atoms with Gasteiger partial charge in [-0.05, 0) is 36.8 Å². The quantitative estimate of drug-likeness (QED) is 0.842. The predicted octanol–water partition coefficient (Wildman–Crippen LogP) is 2.99. The van der Waals surface area contributed by atoms with E-state index >= 15 is 0 Å². The first-order valence-corrected chi connectivity index (χ1v) is 5.89. The molecule has 0 aliphatic carbocycles. The molecule has 0 unspecified atom stereocenters. The van der Waals surface area contributed by atoms with Crippen molar-refractivity contribution in [2.75, 3.05) is 17.7 Å². The number of nitrogens with two attached hydrogens (primary N) is 1. The van der Waals surface area contributed by atoms with Crippen LogP contribution in [0.25, 0.3) is 0 Å². The Morgan fingerprint density at radius 2 is 1.84 bits per heavy atom. The van der Waals surface area contributed by atoms with E-state index in [0.29, 0.717) is 16.9 Å². The predicted molar refractivity (Wildman–Crippen MR) is 74.7 cm³/mol. The SMILES string of the molecule is Cc1cc(N)cc(C(=O)N(C)c2ccccc2)c1F. The van der Waals surface area contributed by atoms with Crippen molar-refractivity contribution in [2.45, 2.75) is 6.92 Å². The molecule has 19 heavy (non-hydrogen) atoms. The smallest absolute Gasteiger partial charge is 0.261 e. The highest BCUT2D eigenvalue weighted by molar-refractivity contribution is 6.06. The molecule has 0 bridgehead atoms. The Bertz CT molecular complexity index is 611. The van der Waals surface area contributed by atoms with Gasteiger partial charge in [0.2, 0.25) is 0 Å². The summed E-state index contributed by atoms with van der Waals surface area (Å²) in [5, 5.41) is 0. The number of carbonyl (C=O) groups excluding carboxylic acids is 1. The highest BCUT2D eigenvalue weighted by Gasteiger charge is 2.19. The van der Waals surface area contributed by atoms with E-state index < -0.39 is 11.7 Å². The zero-order valence-electron chi connectivity index (χ0n) is 10.9. The average Bonchev–Trinajstić information content (AvgIpc) is 2.42. The maximum Gasteiger partial charge on any atom is 0.261 e. The first kappa shape index (κ1) is 13.1. The lowest BCUT2D eigenvalue weighted by Crippen LogP contribution is -2.27. The molecule has 0 atom stereocenters. The van der Waals surface area contributed by atoms with Crippen molar-refractivity contribution in [1.29, 1.82) is 0 Å². The number of hydrogen-bond donors (Lipinski definition) is 1. The normalized spacial score (nSPS) is 10.3. The average molecular weight is 258 g/mol. The van der Waals surface area contributed by atoms with Crippen LogP contribution in [0.3, 0.4) is 0 Å². The number of amides is 1. The molecule has 0 aliphatic heterocycles. The lowest BCUT2D eigenvalue weighted by Gasteiger charge is -2.18. The number of aryl methyl sites for hydroxylation is 1. The number of hydrogen-bond acceptors (Lipinski definition) is 2. The number of rotatable bonds is 2. The van der Waals surface area contributed by atoms with Gasteiger partial charge in [0.05, 0.1) is 5.56 Å². The molecule has 2 aromatic carbocycles. The van der Waals surface area contributed by atoms with Crippen LogP contribution in [0.1, 0.15) is 15.9 Å². The molecule has 3 nitrogen and oxygen atoms in total. The summed E-state index contributed by atoms with van der Waals surface area (Å²) < 4.78 is 14.0. The Hall–Kier alpha value is -2.36. The van der Waals surface area contributed by atoms with Crippen molar-refractivity contribution >= 4 is 17.3 Å². The second-order valence-corrected chi connectivity index (χ2v) is 4.40. The summed E-state index contributed by atoms with van der Waals surface area (Å²) in [7, 11) is 1.61. The first-order chi connectivity index (χ1) is 9.00. The fourth-order valence-corrected chi connectivity index (χ4v) is 1.90. The maximum absolute atomic E-state index is 14.0. The van der Waals surface area contributed by atoms with Crippen LogP contribution in [0.2, 0.25) is 0 Å². The third-order valence-corrected chi connectivity index (χ3v) is 2.96. The number of halogens is 1. The Morgan fingerprint density at radius 3 is 2.47 bits per heavy atom. The summed E-state index contributed by atoms with van der Waals surface area (Å²) in [5.74, 6) is -0.943. The summed E-state index contributed by atoms with van der Waals surface area (Å²) in [4.78, 5) is 13.7. The van der Waals surface area contributed by atoms with E-state index in [4.69, 9.17) is 5.73 Å². The molecular weight excluding hydrogens is 243 g/mol. The molecule has 0 saturated heterocycles. The lowest BCUT2D eigenvalue weighted by atomic mass is 10.1. The fourth-order valence-electron chi connectivity index (χ4n) is 1.90. The van der Waals surface area contributed by atoms with Crippen LogP contribution in [0.15, 0.2) is 42.5 Å². The number of nitrogen functional groups attached to an aromatic ring is 1. The van der Waals surface area contributed by atoms with Gasteiger partial charge in [-0.1, -0.05) is 18.2 Å². The van der Waals surface area contributed by atoms with Gasteiger partial charge in [0.1, 0.15) is 5.82 Å². The molecule has 2 rings (SSSR count). The maximum atomic E-state index is 14.0. The molecule has 0 spiro atoms. The molecule has 0 aromatic heterocycles. The Balaban J connectivity index is 2.40. The van der Waals surface area contributed by atoms with E-state index in [1.807, 2.05) is 18.2 Å². The third-order valence-electron chi connectivity index (χ3n) is 2.96. The molecule has 2 aromatic rings. The minimum atomic E-state index is -0.526. The second-order valence-electron chi connectivity index (χ2n) is 4.40. The number of benzene rings is 2. The number of carbonyl (C=O) groups is 1. The molecule has 2 N–H and O–H groups in total. The van der Waals surface area contributed by atoms with Crippen molar-refractivity contribution in [2.24, 2.45) is 0 Å². The van der Waals surface area contributed by atoms with E-state index in [0.717, 1.165) is 0 Å². The summed E-state index contributed by atoms with van der Waals surface area (Å²) in [6.45, 7) is 1.59. The summed E-state index contributed by atoms with van der Waals surface area (Å²) in [6.07, 6.45) is 0. The summed E-state index contributed by atoms with van der Waals surface area (Å²) in [6, 6.07) is 11.9. The summed E-state index contributed by atoms with van der Waals surface area (Å²) >= 11 is 0. The number of para-hydroxylation sites is 1. The molecule has 0 radical (unpaired) electrons. The number of nitrogens with zero attached hydrogens (tertiary/aromatic N) is 1. The molecular formula is C15H15FN2O. The largest absolute Gasteiger partial charge is 0.399 e. The van der Waals surface area contributed by atoms with Gasteiger partial charge in [-0.3, -0.25) is 4.79 Å². The first-order valence-electron chi connectivity index (χ1n) is 5.89. The monoisotopic (exact) mass is 258 g/mol. The highest BCUT2D eigenvalue weighted by Crippen LogP contribution is 2.21. The van der Waals surface area contributed by atoms with Gasteiger partial charge >= 0.3 is 0 Å². The van der Waals surface area contributed by atoms with Crippen LogP contribution in [0.5, 0.6) is 0 Å². The van der Waals surface area contributed by atoms with E-state index in [1.165, 1.54) is 17.0 Å². The second kappa shape index (κ2) is 5.10. The zero-order valence-corrected chi connectivity index (χ0v) is 10.9. The minimum Gasteiger partial charge on any atom is -0.399 e. The van der Waals surface area contributed by atoms with Gasteiger partial charge in [0.15, 0.2) is 0 Å². The van der Waals surface area contributed by atoms with E-state index in [9.17, 15) is 9.18 Å². The van der Waals surface area contributed by atoms with E-state index in [-0.39, 0.29) is 5.56 Å². The van der Waals surface area contributed by atoms with Crippen LogP contribution in [0.4, 0.5) is 15.8 Å². The fraction of sp³-hybridized carbons (Fsp3) is 0.133. The van der Waals surface area contributed by atoms with Crippen molar-refractivity contribution in [3.8, 4) is 0 Å². The van der Waals surface area contributed by atoms with Crippen molar-refractivity contribution < 1.29 is 9.18 Å². The van der Waals surface area contributed by atoms with Crippen molar-refractivity contribution in [3.05, 3.63) is 59.4 Å². The molecule has 0 heterocycles. The molecule has 0 aliphatic rings. The van der Waals surface area contributed by atoms with Crippen LogP contribution in [-0.4, -0.2) is 13.0 Å². The van der Waals surface area contributed by atoms with E-state index in [2.05, 4.69) is 0 Å². The van der Waals surface area contributed by atoms with Crippen LogP contribution >= 0.6 is 0 Å². The Labute approximate surface area is 111 Å². The molecule has 4 heteroatoms. The van der Waals surface area contributed by atoms with Gasteiger partial charge in [0.25, 0.3) is 5.91 Å². The lowest BCUT2D eigenvalue weighted by molar-refractivity contribution is 0.0989. The van der Waals surface area contributed by atoms with Crippen molar-refractivity contribution in [1.82, 2.24) is 0 Å². The summed E-state index contributed by atoms with van der Waals surface area (Å²) in [5.41, 5.74) is 7.10. The van der Waals surface area contributed by atoms with Crippen LogP contribution in [0, 0.1) is 12.7 Å². The van der Waals surface area contributed by atoms with Gasteiger partial charge < -0.3 is 10.6 Å². The van der Waals surface area contributed by atoms with Crippen molar-refractivity contribution in [3.63, 3.8) is 0 Å². The zero-order chi connectivity index (χ0) is 14.0.